The molecule has 6 aliphatic carbocycles. The van der Waals surface area contributed by atoms with E-state index in [9.17, 15) is 0 Å². The van der Waals surface area contributed by atoms with Crippen LogP contribution < -0.4 is 0 Å². The van der Waals surface area contributed by atoms with E-state index in [4.69, 9.17) is 9.97 Å². The van der Waals surface area contributed by atoms with Crippen LogP contribution in [0.15, 0.2) is 121 Å². The maximum atomic E-state index is 5.90. The van der Waals surface area contributed by atoms with Crippen LogP contribution in [0.25, 0.3) is 22.1 Å². The third-order valence-electron chi connectivity index (χ3n) is 20.8. The van der Waals surface area contributed by atoms with E-state index in [0.717, 1.165) is 99.1 Å². The molecule has 0 bridgehead atoms. The van der Waals surface area contributed by atoms with Crippen molar-refractivity contribution in [2.24, 2.45) is 10.8 Å². The minimum atomic E-state index is -0.160. The zero-order valence-electron chi connectivity index (χ0n) is 40.9. The number of hydrogen-bond acceptors (Lipinski definition) is 2. The molecule has 1 aromatic heterocycles. The molecule has 0 radical (unpaired) electrons. The van der Waals surface area contributed by atoms with Crippen molar-refractivity contribution in [3.63, 3.8) is 0 Å². The quantitative estimate of drug-likeness (QED) is 0.114. The summed E-state index contributed by atoms with van der Waals surface area (Å²) in [5.41, 5.74) is 21.9. The van der Waals surface area contributed by atoms with Gasteiger partial charge in [0, 0.05) is 43.3 Å². The monoisotopic (exact) mass is 865 g/mol. The molecule has 66 heavy (non-hydrogen) atoms. The summed E-state index contributed by atoms with van der Waals surface area (Å²) in [6.45, 7) is 20.1. The summed E-state index contributed by atoms with van der Waals surface area (Å²) in [5, 5.41) is 0. The summed E-state index contributed by atoms with van der Waals surface area (Å²) >= 11 is 0. The van der Waals surface area contributed by atoms with Crippen LogP contribution in [0, 0.1) is 10.8 Å². The minimum Gasteiger partial charge on any atom is -0.244 e. The van der Waals surface area contributed by atoms with Gasteiger partial charge in [0.15, 0.2) is 0 Å². The van der Waals surface area contributed by atoms with E-state index in [1.54, 1.807) is 44.5 Å². The van der Waals surface area contributed by atoms with Gasteiger partial charge >= 0.3 is 0 Å². The third-order valence-corrected chi connectivity index (χ3v) is 20.8. The molecule has 7 aromatic rings. The second-order valence-electron chi connectivity index (χ2n) is 22.4. The Hall–Kier alpha value is -5.08. The highest BCUT2D eigenvalue weighted by atomic mass is 14.9. The molecule has 0 aliphatic heterocycles. The van der Waals surface area contributed by atoms with Gasteiger partial charge in [-0.2, -0.15) is 0 Å². The van der Waals surface area contributed by atoms with E-state index in [0.29, 0.717) is 0 Å². The number of nitrogens with zero attached hydrogens (tertiary/aromatic N) is 2. The van der Waals surface area contributed by atoms with Crippen LogP contribution in [0.4, 0.5) is 0 Å². The summed E-state index contributed by atoms with van der Waals surface area (Å²) in [6.07, 6.45) is 13.6. The van der Waals surface area contributed by atoms with E-state index in [-0.39, 0.29) is 43.3 Å². The molecule has 0 saturated heterocycles. The molecule has 6 aromatic carbocycles. The van der Waals surface area contributed by atoms with Crippen molar-refractivity contribution >= 4 is 22.1 Å². The highest BCUT2D eigenvalue weighted by Crippen LogP contribution is 2.87. The van der Waals surface area contributed by atoms with Crippen LogP contribution in [-0.2, 0) is 32.5 Å². The van der Waals surface area contributed by atoms with E-state index >= 15 is 0 Å². The largest absolute Gasteiger partial charge is 0.244 e. The van der Waals surface area contributed by atoms with Crippen LogP contribution in [0.5, 0.6) is 0 Å². The van der Waals surface area contributed by atoms with Gasteiger partial charge in [0.1, 0.15) is 0 Å². The molecule has 13 rings (SSSR count). The molecular weight excluding hydrogens is 797 g/mol. The molecule has 334 valence electrons. The van der Waals surface area contributed by atoms with Crippen LogP contribution in [-0.4, -0.2) is 9.97 Å². The Morgan fingerprint density at radius 3 is 0.606 bits per heavy atom. The summed E-state index contributed by atoms with van der Waals surface area (Å²) in [6, 6.07) is 49.3. The fourth-order valence-corrected chi connectivity index (χ4v) is 19.7. The predicted molar refractivity (Wildman–Crippen MR) is 273 cm³/mol. The average Bonchev–Trinajstić information content (AvgIpc) is 3.94. The van der Waals surface area contributed by atoms with Crippen molar-refractivity contribution in [1.29, 1.82) is 0 Å². The molecule has 8 atom stereocenters. The van der Waals surface area contributed by atoms with Crippen LogP contribution in [0.3, 0.4) is 0 Å². The number of fused-ring (bicyclic) bond motifs is 20. The predicted octanol–water partition coefficient (Wildman–Crippen LogP) is 16.0. The number of hydrogen-bond donors (Lipinski definition) is 0. The van der Waals surface area contributed by atoms with Crippen molar-refractivity contribution in [2.45, 2.75) is 165 Å². The van der Waals surface area contributed by atoms with Crippen LogP contribution >= 0.6 is 0 Å². The average molecular weight is 865 g/mol. The maximum Gasteiger partial charge on any atom is 0.0897 e. The number of rotatable bonds is 12. The highest BCUT2D eigenvalue weighted by molar-refractivity contribution is 5.92. The first kappa shape index (κ1) is 41.1. The number of aromatic nitrogens is 2. The Balaban J connectivity index is 1.15. The molecule has 4 unspecified atom stereocenters. The van der Waals surface area contributed by atoms with Crippen LogP contribution in [0.1, 0.15) is 199 Å². The summed E-state index contributed by atoms with van der Waals surface area (Å²) < 4.78 is 0. The molecule has 2 nitrogen and oxygen atoms in total. The van der Waals surface area contributed by atoms with Gasteiger partial charge in [-0.25, -0.2) is 9.97 Å². The Labute approximate surface area is 394 Å². The van der Waals surface area contributed by atoms with Gasteiger partial charge < -0.3 is 0 Å². The van der Waals surface area contributed by atoms with Gasteiger partial charge in [-0.15, -0.1) is 0 Å². The summed E-state index contributed by atoms with van der Waals surface area (Å²) in [7, 11) is 0. The molecule has 0 saturated carbocycles. The van der Waals surface area contributed by atoms with Crippen molar-refractivity contribution in [1.82, 2.24) is 9.97 Å². The van der Waals surface area contributed by atoms with E-state index in [2.05, 4.69) is 177 Å². The first-order valence-corrected chi connectivity index (χ1v) is 26.4. The minimum absolute atomic E-state index is 0.0904. The zero-order chi connectivity index (χ0) is 45.3. The SMILES string of the molecule is CCCC12c3ccccc3[C@@]3(CCC)c4cc5nc6cc7c(cc6nc5cc4[C@@](CCC)(c4ccccc41)C23C)[C@]1(CCC)c2ccccc2C2(CCC)c3ccccc3[C@@]7(CCC)C21C. The van der Waals surface area contributed by atoms with Gasteiger partial charge in [0.05, 0.1) is 22.1 Å². The Morgan fingerprint density at radius 1 is 0.273 bits per heavy atom. The Morgan fingerprint density at radius 2 is 0.439 bits per heavy atom. The van der Waals surface area contributed by atoms with Crippen molar-refractivity contribution in [3.8, 4) is 0 Å². The van der Waals surface area contributed by atoms with Crippen molar-refractivity contribution < 1.29 is 0 Å². The molecule has 2 heteroatoms. The van der Waals surface area contributed by atoms with Gasteiger partial charge in [0.25, 0.3) is 0 Å². The van der Waals surface area contributed by atoms with Crippen LogP contribution in [0.2, 0.25) is 0 Å². The van der Waals surface area contributed by atoms with E-state index < -0.39 is 0 Å². The molecule has 0 amide bonds. The lowest BCUT2D eigenvalue weighted by Crippen LogP contribution is -2.54. The van der Waals surface area contributed by atoms with Gasteiger partial charge in [-0.1, -0.05) is 191 Å². The normalized spacial score (nSPS) is 32.8. The highest BCUT2D eigenvalue weighted by Gasteiger charge is 2.84. The maximum absolute atomic E-state index is 5.90. The lowest BCUT2D eigenvalue weighted by Gasteiger charge is -2.53. The molecule has 1 heterocycles. The molecule has 0 spiro atoms. The smallest absolute Gasteiger partial charge is 0.0897 e. The molecule has 0 N–H and O–H groups in total. The van der Waals surface area contributed by atoms with Crippen molar-refractivity contribution in [3.05, 3.63) is 188 Å². The second kappa shape index (κ2) is 13.3. The fraction of sp³-hybridized carbons (Fsp3) is 0.438. The summed E-state index contributed by atoms with van der Waals surface area (Å²) in [5.74, 6) is 0. The molecule has 6 aliphatic rings. The first-order valence-electron chi connectivity index (χ1n) is 26.4. The van der Waals surface area contributed by atoms with Crippen molar-refractivity contribution in [2.75, 3.05) is 0 Å². The van der Waals surface area contributed by atoms with Gasteiger partial charge in [0.2, 0.25) is 0 Å². The first-order chi connectivity index (χ1) is 32.2. The second-order valence-corrected chi connectivity index (χ2v) is 22.4. The van der Waals surface area contributed by atoms with Gasteiger partial charge in [-0.3, -0.25) is 0 Å². The lowest BCUT2D eigenvalue weighted by atomic mass is 9.48. The lowest BCUT2D eigenvalue weighted by molar-refractivity contribution is 0.0540. The number of benzene rings is 6. The molecule has 0 fully saturated rings. The van der Waals surface area contributed by atoms with E-state index in [1.807, 2.05) is 0 Å². The van der Waals surface area contributed by atoms with Gasteiger partial charge in [-0.05, 0) is 130 Å². The molecular formula is C64H68N2. The fourth-order valence-electron chi connectivity index (χ4n) is 19.7. The Kier molecular flexibility index (Phi) is 8.31. The topological polar surface area (TPSA) is 25.8 Å². The summed E-state index contributed by atoms with van der Waals surface area (Å²) in [4.78, 5) is 11.8. The Bertz CT molecular complexity index is 2800. The zero-order valence-corrected chi connectivity index (χ0v) is 40.9. The standard InChI is InChI=1S/C64H68N2/c1-9-31-59-41-23-15-19-27-45(41)61(33-11-3)49-37-53-54(38-50(49)62(34-12-4,57(59,61)7)46-28-20-16-24-42(46)59)66-56-40-52-51(39-55(56)65-53)63(35-13-5)47-29-21-17-25-43(47)60(32-10-2)44-26-18-22-30-48(44)64(52,36-14-6)58(60,63)8/h15-30,37-40H,9-14,31-36H2,1-8H3/t57?,58?,59?,60?,61-,62+,63+,64-. The van der Waals surface area contributed by atoms with E-state index in [1.165, 1.54) is 22.3 Å². The third kappa shape index (κ3) is 3.77.